The fourth-order valence-corrected chi connectivity index (χ4v) is 3.77. The van der Waals surface area contributed by atoms with Gasteiger partial charge in [-0.05, 0) is 47.6 Å². The average molecular weight is 380 g/mol. The summed E-state index contributed by atoms with van der Waals surface area (Å²) in [4.78, 5) is 12.8. The van der Waals surface area contributed by atoms with Crippen LogP contribution in [0, 0.1) is 3.95 Å². The fourth-order valence-electron chi connectivity index (χ4n) is 2.60. The highest BCUT2D eigenvalue weighted by Gasteiger charge is 2.19. The van der Waals surface area contributed by atoms with Crippen LogP contribution in [0.25, 0.3) is 17.7 Å². The number of thiazole rings is 1. The van der Waals surface area contributed by atoms with Gasteiger partial charge in [-0.15, -0.1) is 0 Å². The molecule has 0 bridgehead atoms. The Bertz CT molecular complexity index is 1130. The summed E-state index contributed by atoms with van der Waals surface area (Å²) in [5, 5.41) is 14.6. The van der Waals surface area contributed by atoms with Gasteiger partial charge in [0.05, 0.1) is 17.4 Å². The Kier molecular flexibility index (Phi) is 4.24. The first kappa shape index (κ1) is 16.4. The summed E-state index contributed by atoms with van der Waals surface area (Å²) in [5.41, 5.74) is 2.29. The van der Waals surface area contributed by atoms with Crippen LogP contribution in [0.3, 0.4) is 0 Å². The van der Waals surface area contributed by atoms with E-state index in [1.54, 1.807) is 24.3 Å². The second-order valence-electron chi connectivity index (χ2n) is 5.47. The third-order valence-electron chi connectivity index (χ3n) is 3.84. The van der Waals surface area contributed by atoms with Crippen LogP contribution in [0.1, 0.15) is 21.8 Å². The number of furan rings is 1. The summed E-state index contributed by atoms with van der Waals surface area (Å²) in [5.74, 6) is 0.308. The number of aromatic nitrogens is 1. The Balaban J connectivity index is 1.77. The van der Waals surface area contributed by atoms with Crippen molar-refractivity contribution in [3.63, 3.8) is 0 Å². The minimum Gasteiger partial charge on any atom is -0.492 e. The minimum atomic E-state index is -0.118. The molecule has 2 heterocycles. The largest absolute Gasteiger partial charge is 0.492 e. The van der Waals surface area contributed by atoms with Gasteiger partial charge in [0, 0.05) is 5.57 Å². The van der Waals surface area contributed by atoms with Crippen LogP contribution in [0.4, 0.5) is 0 Å². The maximum Gasteiger partial charge on any atom is 0.232 e. The molecule has 0 radical (unpaired) electrons. The quantitative estimate of drug-likeness (QED) is 0.410. The number of nitrogens with zero attached hydrogens (tertiary/aromatic N) is 2. The van der Waals surface area contributed by atoms with E-state index in [0.717, 1.165) is 11.1 Å². The lowest BCUT2D eigenvalue weighted by Crippen LogP contribution is -2.04. The molecule has 0 unspecified atom stereocenters. The van der Waals surface area contributed by atoms with Crippen molar-refractivity contribution in [1.29, 1.82) is 0 Å². The van der Waals surface area contributed by atoms with Gasteiger partial charge in [0.2, 0.25) is 5.88 Å². The summed E-state index contributed by atoms with van der Waals surface area (Å²) >= 11 is 6.46. The van der Waals surface area contributed by atoms with Gasteiger partial charge in [0.1, 0.15) is 5.76 Å². The van der Waals surface area contributed by atoms with Crippen molar-refractivity contribution in [2.75, 3.05) is 0 Å². The van der Waals surface area contributed by atoms with Crippen LogP contribution < -0.4 is 0 Å². The molecule has 0 aliphatic heterocycles. The van der Waals surface area contributed by atoms with E-state index in [1.807, 2.05) is 24.3 Å². The van der Waals surface area contributed by atoms with Crippen LogP contribution in [-0.2, 0) is 4.79 Å². The molecule has 128 valence electrons. The zero-order chi connectivity index (χ0) is 18.1. The van der Waals surface area contributed by atoms with Crippen molar-refractivity contribution in [2.24, 2.45) is 5.10 Å². The number of aromatic hydroxyl groups is 1. The molecule has 0 amide bonds. The maximum absolute atomic E-state index is 12.3. The molecule has 1 aromatic carbocycles. The van der Waals surface area contributed by atoms with Crippen LogP contribution in [0.5, 0.6) is 5.88 Å². The van der Waals surface area contributed by atoms with E-state index in [0.29, 0.717) is 20.2 Å². The molecule has 0 fully saturated rings. The highest BCUT2D eigenvalue weighted by molar-refractivity contribution is 7.73. The normalized spacial score (nSPS) is 15.1. The predicted molar refractivity (Wildman–Crippen MR) is 105 cm³/mol. The van der Waals surface area contributed by atoms with E-state index in [9.17, 15) is 9.90 Å². The topological polar surface area (TPSA) is 67.7 Å². The zero-order valence-corrected chi connectivity index (χ0v) is 15.0. The summed E-state index contributed by atoms with van der Waals surface area (Å²) < 4.78 is 6.78. The highest BCUT2D eigenvalue weighted by Crippen LogP contribution is 2.33. The first-order valence-electron chi connectivity index (χ1n) is 7.69. The monoisotopic (exact) mass is 380 g/mol. The highest BCUT2D eigenvalue weighted by atomic mass is 32.1. The lowest BCUT2D eigenvalue weighted by atomic mass is 9.91. The zero-order valence-electron chi connectivity index (χ0n) is 13.3. The second-order valence-corrected chi connectivity index (χ2v) is 7.15. The van der Waals surface area contributed by atoms with E-state index in [-0.39, 0.29) is 11.7 Å². The Labute approximate surface area is 157 Å². The van der Waals surface area contributed by atoms with Crippen LogP contribution in [0.15, 0.2) is 58.3 Å². The van der Waals surface area contributed by atoms with Crippen LogP contribution >= 0.6 is 23.6 Å². The molecule has 5 nitrogen and oxygen atoms in total. The summed E-state index contributed by atoms with van der Waals surface area (Å²) in [7, 11) is 0. The number of carbonyl (C=O) groups excluding carboxylic acids is 1. The molecule has 0 saturated carbocycles. The van der Waals surface area contributed by atoms with Crippen molar-refractivity contribution in [3.05, 3.63) is 74.5 Å². The molecule has 1 aliphatic carbocycles. The van der Waals surface area contributed by atoms with Crippen molar-refractivity contribution in [1.82, 2.24) is 4.68 Å². The predicted octanol–water partition coefficient (Wildman–Crippen LogP) is 4.60. The fraction of sp³-hybridized carbons (Fsp3) is 0. The Morgan fingerprint density at radius 3 is 2.85 bits per heavy atom. The summed E-state index contributed by atoms with van der Waals surface area (Å²) in [6, 6.07) is 11.1. The van der Waals surface area contributed by atoms with E-state index in [4.69, 9.17) is 16.6 Å². The molecule has 0 spiro atoms. The number of ketones is 1. The van der Waals surface area contributed by atoms with Gasteiger partial charge in [0.15, 0.2) is 9.74 Å². The third kappa shape index (κ3) is 2.98. The average Bonchev–Trinajstić information content (AvgIpc) is 3.25. The first-order valence-corrected chi connectivity index (χ1v) is 8.92. The van der Waals surface area contributed by atoms with Crippen molar-refractivity contribution in [3.8, 4) is 5.88 Å². The summed E-state index contributed by atoms with van der Waals surface area (Å²) in [6.45, 7) is 0. The van der Waals surface area contributed by atoms with Crippen molar-refractivity contribution < 1.29 is 14.3 Å². The molecule has 26 heavy (non-hydrogen) atoms. The molecular weight excluding hydrogens is 368 g/mol. The second kappa shape index (κ2) is 6.70. The standard InChI is InChI=1S/C19H12N2O3S2/c22-16-8-7-12-4-1-2-6-14(12)15(16)10-17-18(23)21(19(25)26-17)20-11-13-5-3-9-24-13/h1-11,23H. The summed E-state index contributed by atoms with van der Waals surface area (Å²) in [6.07, 6.45) is 7.96. The van der Waals surface area contributed by atoms with Gasteiger partial charge < -0.3 is 9.52 Å². The minimum absolute atomic E-state index is 0.116. The van der Waals surface area contributed by atoms with Crippen LogP contribution in [-0.4, -0.2) is 21.8 Å². The molecule has 7 heteroatoms. The number of carbonyl (C=O) groups is 1. The van der Waals surface area contributed by atoms with E-state index in [2.05, 4.69) is 5.10 Å². The maximum atomic E-state index is 12.3. The van der Waals surface area contributed by atoms with Gasteiger partial charge in [0.25, 0.3) is 0 Å². The van der Waals surface area contributed by atoms with E-state index < -0.39 is 0 Å². The van der Waals surface area contributed by atoms with Gasteiger partial charge in [-0.3, -0.25) is 4.79 Å². The Morgan fingerprint density at radius 2 is 2.04 bits per heavy atom. The smallest absolute Gasteiger partial charge is 0.232 e. The van der Waals surface area contributed by atoms with Gasteiger partial charge in [-0.2, -0.15) is 9.78 Å². The van der Waals surface area contributed by atoms with E-state index >= 15 is 0 Å². The lowest BCUT2D eigenvalue weighted by Gasteiger charge is -2.12. The molecule has 4 rings (SSSR count). The van der Waals surface area contributed by atoms with Crippen molar-refractivity contribution >= 4 is 53.3 Å². The number of benzene rings is 1. The molecular formula is C19H12N2O3S2. The number of rotatable bonds is 3. The molecule has 0 atom stereocenters. The van der Waals surface area contributed by atoms with E-state index in [1.165, 1.54) is 34.6 Å². The molecule has 1 N–H and O–H groups in total. The van der Waals surface area contributed by atoms with Gasteiger partial charge >= 0.3 is 0 Å². The lowest BCUT2D eigenvalue weighted by molar-refractivity contribution is -0.109. The SMILES string of the molecule is O=C1C=Cc2ccccc2C1=Cc1sc(=S)n(N=Cc2ccco2)c1O. The number of fused-ring (bicyclic) bond motifs is 1. The first-order chi connectivity index (χ1) is 12.6. The van der Waals surface area contributed by atoms with Gasteiger partial charge in [-0.1, -0.05) is 41.7 Å². The van der Waals surface area contributed by atoms with Crippen molar-refractivity contribution in [2.45, 2.75) is 0 Å². The molecule has 1 aliphatic rings. The number of allylic oxidation sites excluding steroid dienone is 2. The Hall–Kier alpha value is -3.03. The number of hydrogen-bond acceptors (Lipinski definition) is 6. The Morgan fingerprint density at radius 1 is 1.19 bits per heavy atom. The molecule has 2 aromatic heterocycles. The third-order valence-corrected chi connectivity index (χ3v) is 5.13. The molecule has 0 saturated heterocycles. The van der Waals surface area contributed by atoms with Gasteiger partial charge in [-0.25, -0.2) is 0 Å². The van der Waals surface area contributed by atoms with Crippen LogP contribution in [0.2, 0.25) is 0 Å². The number of hydrogen-bond donors (Lipinski definition) is 1. The molecule has 3 aromatic rings.